The van der Waals surface area contributed by atoms with Crippen LogP contribution in [0.4, 0.5) is 5.69 Å². The minimum atomic E-state index is -1.07. The predicted molar refractivity (Wildman–Crippen MR) is 115 cm³/mol. The van der Waals surface area contributed by atoms with E-state index >= 15 is 0 Å². The summed E-state index contributed by atoms with van der Waals surface area (Å²) in [5.74, 6) is -0.114. The summed E-state index contributed by atoms with van der Waals surface area (Å²) < 4.78 is 16.7. The second kappa shape index (κ2) is 6.92. The van der Waals surface area contributed by atoms with Crippen molar-refractivity contribution in [2.24, 2.45) is 16.3 Å². The van der Waals surface area contributed by atoms with Crippen molar-refractivity contribution in [3.05, 3.63) is 35.4 Å². The number of benzene rings is 1. The van der Waals surface area contributed by atoms with E-state index in [1.807, 2.05) is 25.1 Å². The van der Waals surface area contributed by atoms with Crippen LogP contribution in [0.3, 0.4) is 0 Å². The number of nitrogens with zero attached hydrogens (tertiary/aromatic N) is 2. The summed E-state index contributed by atoms with van der Waals surface area (Å²) in [5, 5.41) is 0. The zero-order valence-electron chi connectivity index (χ0n) is 18.4. The van der Waals surface area contributed by atoms with E-state index in [9.17, 15) is 9.59 Å². The molecule has 0 N–H and O–H groups in total. The van der Waals surface area contributed by atoms with Gasteiger partial charge < -0.3 is 14.2 Å². The average Bonchev–Trinajstić information content (AvgIpc) is 3.13. The number of ether oxygens (including phenoxy) is 3. The van der Waals surface area contributed by atoms with E-state index in [4.69, 9.17) is 19.2 Å². The summed E-state index contributed by atoms with van der Waals surface area (Å²) in [5.41, 5.74) is 2.27. The summed E-state index contributed by atoms with van der Waals surface area (Å²) in [4.78, 5) is 33.3. The SMILES string of the molecule is CC=C1CN2CCC34C(=Nc5ccc(OC)cc53)C2CC1C4(COC(C)=O)C(=O)OC. The lowest BCUT2D eigenvalue weighted by Crippen LogP contribution is -2.75. The summed E-state index contributed by atoms with van der Waals surface area (Å²) in [6.45, 7) is 5.00. The predicted octanol–water partition coefficient (Wildman–Crippen LogP) is 2.80. The fourth-order valence-electron chi connectivity index (χ4n) is 6.67. The van der Waals surface area contributed by atoms with Gasteiger partial charge in [-0.1, -0.05) is 11.6 Å². The Morgan fingerprint density at radius 1 is 1.32 bits per heavy atom. The molecule has 1 aromatic carbocycles. The van der Waals surface area contributed by atoms with Gasteiger partial charge in [-0.05, 0) is 43.5 Å². The molecular weight excluding hydrogens is 396 g/mol. The first-order valence-electron chi connectivity index (χ1n) is 10.8. The van der Waals surface area contributed by atoms with E-state index in [1.165, 1.54) is 19.6 Å². The van der Waals surface area contributed by atoms with Gasteiger partial charge in [0.05, 0.1) is 31.4 Å². The molecule has 3 bridgehead atoms. The topological polar surface area (TPSA) is 77.4 Å². The van der Waals surface area contributed by atoms with Crippen LogP contribution in [0.15, 0.2) is 34.8 Å². The van der Waals surface area contributed by atoms with Crippen LogP contribution >= 0.6 is 0 Å². The second-order valence-electron chi connectivity index (χ2n) is 8.92. The van der Waals surface area contributed by atoms with Crippen LogP contribution in [0.2, 0.25) is 0 Å². The highest BCUT2D eigenvalue weighted by Crippen LogP contribution is 2.66. The minimum Gasteiger partial charge on any atom is -0.497 e. The van der Waals surface area contributed by atoms with Gasteiger partial charge in [0.2, 0.25) is 0 Å². The lowest BCUT2D eigenvalue weighted by molar-refractivity contribution is -0.176. The standard InChI is InChI=1S/C24H28N2O5/c1-5-15-12-26-9-8-23-18-10-16(29-3)6-7-19(18)25-21(23)20(26)11-17(15)24(23,22(28)30-4)13-31-14(2)27/h5-7,10,17,20H,8-9,11-13H2,1-4H3. The Labute approximate surface area is 182 Å². The smallest absolute Gasteiger partial charge is 0.317 e. The van der Waals surface area contributed by atoms with Crippen LogP contribution < -0.4 is 4.74 Å². The summed E-state index contributed by atoms with van der Waals surface area (Å²) >= 11 is 0. The molecule has 1 aromatic rings. The zero-order valence-corrected chi connectivity index (χ0v) is 18.4. The number of allylic oxidation sites excluding steroid dienone is 1. The Bertz CT molecular complexity index is 1030. The van der Waals surface area contributed by atoms with Gasteiger partial charge in [-0.2, -0.15) is 0 Å². The quantitative estimate of drug-likeness (QED) is 0.546. The lowest BCUT2D eigenvalue weighted by atomic mass is 9.43. The van der Waals surface area contributed by atoms with Crippen molar-refractivity contribution in [3.8, 4) is 5.75 Å². The first kappa shape index (κ1) is 20.2. The molecule has 4 atom stereocenters. The number of esters is 2. The van der Waals surface area contributed by atoms with E-state index in [0.29, 0.717) is 6.42 Å². The molecule has 0 radical (unpaired) electrons. The van der Waals surface area contributed by atoms with Crippen molar-refractivity contribution < 1.29 is 23.8 Å². The van der Waals surface area contributed by atoms with Gasteiger partial charge in [0.25, 0.3) is 0 Å². The zero-order chi connectivity index (χ0) is 22.0. The van der Waals surface area contributed by atoms with Gasteiger partial charge in [-0.3, -0.25) is 19.5 Å². The molecule has 31 heavy (non-hydrogen) atoms. The van der Waals surface area contributed by atoms with Crippen LogP contribution in [0.25, 0.3) is 0 Å². The van der Waals surface area contributed by atoms with E-state index < -0.39 is 16.8 Å². The maximum absolute atomic E-state index is 13.8. The molecule has 7 nitrogen and oxygen atoms in total. The molecular formula is C24H28N2O5. The Morgan fingerprint density at radius 2 is 2.13 bits per heavy atom. The molecule has 5 rings (SSSR count). The number of piperidine rings is 2. The molecule has 2 saturated heterocycles. The maximum Gasteiger partial charge on any atom is 0.317 e. The van der Waals surface area contributed by atoms with Crippen molar-refractivity contribution in [2.75, 3.05) is 33.9 Å². The monoisotopic (exact) mass is 424 g/mol. The minimum absolute atomic E-state index is 0.0284. The third kappa shape index (κ3) is 2.41. The van der Waals surface area contributed by atoms with Crippen LogP contribution in [-0.4, -0.2) is 62.5 Å². The van der Waals surface area contributed by atoms with Crippen molar-refractivity contribution in [3.63, 3.8) is 0 Å². The Kier molecular flexibility index (Phi) is 4.52. The van der Waals surface area contributed by atoms with Gasteiger partial charge in [-0.15, -0.1) is 0 Å². The van der Waals surface area contributed by atoms with Gasteiger partial charge >= 0.3 is 11.9 Å². The van der Waals surface area contributed by atoms with Crippen molar-refractivity contribution in [1.82, 2.24) is 4.90 Å². The number of carbonyl (C=O) groups is 2. The molecule has 0 spiro atoms. The highest BCUT2D eigenvalue weighted by Gasteiger charge is 2.74. The number of aliphatic imine (C=N–C) groups is 1. The summed E-state index contributed by atoms with van der Waals surface area (Å²) in [6.07, 6.45) is 3.59. The second-order valence-corrected chi connectivity index (χ2v) is 8.92. The van der Waals surface area contributed by atoms with Crippen molar-refractivity contribution >= 4 is 23.3 Å². The molecule has 1 aliphatic carbocycles. The van der Waals surface area contributed by atoms with Gasteiger partial charge in [0.15, 0.2) is 0 Å². The Hall–Kier alpha value is -2.67. The molecule has 3 fully saturated rings. The number of methoxy groups -OCH3 is 2. The normalized spacial score (nSPS) is 34.1. The van der Waals surface area contributed by atoms with Gasteiger partial charge in [0, 0.05) is 31.6 Å². The van der Waals surface area contributed by atoms with Crippen molar-refractivity contribution in [2.45, 2.75) is 38.1 Å². The van der Waals surface area contributed by atoms with E-state index in [-0.39, 0.29) is 24.5 Å². The van der Waals surface area contributed by atoms with Gasteiger partial charge in [0.1, 0.15) is 17.8 Å². The van der Waals surface area contributed by atoms with E-state index in [0.717, 1.165) is 42.2 Å². The van der Waals surface area contributed by atoms with Crippen LogP contribution in [-0.2, 0) is 24.5 Å². The fraction of sp³-hybridized carbons (Fsp3) is 0.542. The van der Waals surface area contributed by atoms with Crippen LogP contribution in [0.5, 0.6) is 5.75 Å². The average molecular weight is 424 g/mol. The first-order chi connectivity index (χ1) is 14.9. The lowest BCUT2D eigenvalue weighted by Gasteiger charge is -2.64. The molecule has 164 valence electrons. The third-order valence-electron chi connectivity index (χ3n) is 7.94. The summed E-state index contributed by atoms with van der Waals surface area (Å²) in [7, 11) is 3.06. The fourth-order valence-corrected chi connectivity index (χ4v) is 6.67. The molecule has 4 aliphatic rings. The summed E-state index contributed by atoms with van der Waals surface area (Å²) in [6, 6.07) is 6.03. The van der Waals surface area contributed by atoms with Gasteiger partial charge in [-0.25, -0.2) is 0 Å². The highest BCUT2D eigenvalue weighted by molar-refractivity contribution is 6.11. The Morgan fingerprint density at radius 3 is 2.81 bits per heavy atom. The maximum atomic E-state index is 13.8. The highest BCUT2D eigenvalue weighted by atomic mass is 16.5. The van der Waals surface area contributed by atoms with E-state index in [1.54, 1.807) is 7.11 Å². The number of fused-ring (bicyclic) bond motifs is 2. The van der Waals surface area contributed by atoms with Crippen LogP contribution in [0.1, 0.15) is 32.3 Å². The van der Waals surface area contributed by atoms with E-state index in [2.05, 4.69) is 11.0 Å². The molecule has 1 saturated carbocycles. The molecule has 0 amide bonds. The molecule has 3 heterocycles. The molecule has 0 aromatic heterocycles. The Balaban J connectivity index is 1.83. The largest absolute Gasteiger partial charge is 0.497 e. The number of hydrogen-bond donors (Lipinski definition) is 0. The first-order valence-corrected chi connectivity index (χ1v) is 10.8. The third-order valence-corrected chi connectivity index (χ3v) is 7.94. The molecule has 7 heteroatoms. The number of carbonyl (C=O) groups excluding carboxylic acids is 2. The van der Waals surface area contributed by atoms with Crippen molar-refractivity contribution in [1.29, 1.82) is 0 Å². The number of hydrogen-bond acceptors (Lipinski definition) is 7. The molecule has 3 aliphatic heterocycles. The number of rotatable bonds is 4. The van der Waals surface area contributed by atoms with Crippen LogP contribution in [0, 0.1) is 11.3 Å². The molecule has 4 unspecified atom stereocenters.